The Morgan fingerprint density at radius 1 is 1.18 bits per heavy atom. The first-order chi connectivity index (χ1) is 10.6. The molecule has 1 aliphatic rings. The Morgan fingerprint density at radius 3 is 2.45 bits per heavy atom. The largest absolute Gasteiger partial charge is 0.378 e. The fourth-order valence-corrected chi connectivity index (χ4v) is 3.11. The lowest BCUT2D eigenvalue weighted by Gasteiger charge is -2.14. The fraction of sp³-hybridized carbons (Fsp3) is 0.611. The first-order valence-electron chi connectivity index (χ1n) is 8.30. The predicted molar refractivity (Wildman–Crippen MR) is 90.5 cm³/mol. The van der Waals surface area contributed by atoms with E-state index in [0.29, 0.717) is 12.6 Å². The Balaban J connectivity index is 1.67. The molecule has 0 bridgehead atoms. The van der Waals surface area contributed by atoms with Gasteiger partial charge >= 0.3 is 6.03 Å². The highest BCUT2D eigenvalue weighted by Gasteiger charge is 2.14. The van der Waals surface area contributed by atoms with Gasteiger partial charge in [0.05, 0.1) is 6.10 Å². The maximum atomic E-state index is 12.0. The van der Waals surface area contributed by atoms with Crippen molar-refractivity contribution in [2.45, 2.75) is 59.0 Å². The molecule has 22 heavy (non-hydrogen) atoms. The first-order valence-corrected chi connectivity index (χ1v) is 8.30. The second kappa shape index (κ2) is 8.18. The molecular formula is C18H28N2O2. The molecule has 0 aliphatic heterocycles. The number of nitrogens with one attached hydrogen (secondary N) is 2. The van der Waals surface area contributed by atoms with Crippen LogP contribution in [-0.2, 0) is 4.74 Å². The molecule has 2 rings (SSSR count). The van der Waals surface area contributed by atoms with E-state index in [1.807, 2.05) is 13.8 Å². The Labute approximate surface area is 133 Å². The highest BCUT2D eigenvalue weighted by atomic mass is 16.5. The number of rotatable bonds is 6. The van der Waals surface area contributed by atoms with Crippen LogP contribution in [0.25, 0.3) is 0 Å². The fourth-order valence-electron chi connectivity index (χ4n) is 3.11. The van der Waals surface area contributed by atoms with E-state index in [-0.39, 0.29) is 6.03 Å². The van der Waals surface area contributed by atoms with Crippen LogP contribution < -0.4 is 10.6 Å². The third-order valence-corrected chi connectivity index (χ3v) is 4.18. The van der Waals surface area contributed by atoms with Crippen molar-refractivity contribution in [3.8, 4) is 0 Å². The van der Waals surface area contributed by atoms with Crippen molar-refractivity contribution in [3.05, 3.63) is 28.8 Å². The van der Waals surface area contributed by atoms with Gasteiger partial charge in [0.15, 0.2) is 0 Å². The summed E-state index contributed by atoms with van der Waals surface area (Å²) in [6.45, 7) is 7.47. The van der Waals surface area contributed by atoms with Crippen LogP contribution in [-0.4, -0.2) is 25.3 Å². The molecule has 1 fully saturated rings. The topological polar surface area (TPSA) is 50.4 Å². The number of hydrogen-bond acceptors (Lipinski definition) is 2. The highest BCUT2D eigenvalue weighted by Crippen LogP contribution is 2.22. The van der Waals surface area contributed by atoms with E-state index in [2.05, 4.69) is 29.7 Å². The van der Waals surface area contributed by atoms with Crippen molar-refractivity contribution in [1.82, 2.24) is 5.32 Å². The van der Waals surface area contributed by atoms with E-state index < -0.39 is 0 Å². The van der Waals surface area contributed by atoms with E-state index in [9.17, 15) is 4.79 Å². The van der Waals surface area contributed by atoms with Gasteiger partial charge in [0.1, 0.15) is 0 Å². The predicted octanol–water partition coefficient (Wildman–Crippen LogP) is 4.08. The van der Waals surface area contributed by atoms with Gasteiger partial charge < -0.3 is 15.4 Å². The molecule has 4 nitrogen and oxygen atoms in total. The number of urea groups is 1. The van der Waals surface area contributed by atoms with Gasteiger partial charge in [-0.05, 0) is 51.2 Å². The lowest BCUT2D eigenvalue weighted by molar-refractivity contribution is 0.0572. The summed E-state index contributed by atoms with van der Waals surface area (Å²) < 4.78 is 5.78. The standard InChI is InChI=1S/C18H28N2O2/c1-13-11-14(2)17(15(3)12-13)20-18(21)19-9-6-10-22-16-7-4-5-8-16/h11-12,16H,4-10H2,1-3H3,(H2,19,20,21). The number of hydrogen-bond donors (Lipinski definition) is 2. The van der Waals surface area contributed by atoms with Crippen molar-refractivity contribution in [2.75, 3.05) is 18.5 Å². The molecule has 2 N–H and O–H groups in total. The summed E-state index contributed by atoms with van der Waals surface area (Å²) in [4.78, 5) is 12.0. The maximum absolute atomic E-state index is 12.0. The van der Waals surface area contributed by atoms with Crippen LogP contribution in [0.15, 0.2) is 12.1 Å². The van der Waals surface area contributed by atoms with Crippen LogP contribution in [0.4, 0.5) is 10.5 Å². The zero-order valence-electron chi connectivity index (χ0n) is 14.0. The van der Waals surface area contributed by atoms with Crippen LogP contribution in [0.2, 0.25) is 0 Å². The number of amides is 2. The summed E-state index contributed by atoms with van der Waals surface area (Å²) in [5, 5.41) is 5.84. The van der Waals surface area contributed by atoms with Crippen molar-refractivity contribution >= 4 is 11.7 Å². The summed E-state index contributed by atoms with van der Waals surface area (Å²) in [5.41, 5.74) is 4.31. The van der Waals surface area contributed by atoms with Gasteiger partial charge in [-0.2, -0.15) is 0 Å². The zero-order chi connectivity index (χ0) is 15.9. The third kappa shape index (κ3) is 5.02. The summed E-state index contributed by atoms with van der Waals surface area (Å²) >= 11 is 0. The van der Waals surface area contributed by atoms with Crippen molar-refractivity contribution in [2.24, 2.45) is 0 Å². The first kappa shape index (κ1) is 16.8. The quantitative estimate of drug-likeness (QED) is 0.778. The van der Waals surface area contributed by atoms with Crippen molar-refractivity contribution in [1.29, 1.82) is 0 Å². The van der Waals surface area contributed by atoms with Crippen LogP contribution in [0.3, 0.4) is 0 Å². The highest BCUT2D eigenvalue weighted by molar-refractivity contribution is 5.91. The van der Waals surface area contributed by atoms with Crippen LogP contribution in [0.1, 0.15) is 48.8 Å². The smallest absolute Gasteiger partial charge is 0.319 e. The van der Waals surface area contributed by atoms with E-state index >= 15 is 0 Å². The second-order valence-electron chi connectivity index (χ2n) is 6.29. The third-order valence-electron chi connectivity index (χ3n) is 4.18. The van der Waals surface area contributed by atoms with Crippen LogP contribution >= 0.6 is 0 Å². The normalized spacial score (nSPS) is 15.0. The minimum absolute atomic E-state index is 0.143. The molecule has 0 aromatic heterocycles. The molecule has 0 spiro atoms. The zero-order valence-corrected chi connectivity index (χ0v) is 14.0. The monoisotopic (exact) mass is 304 g/mol. The van der Waals surface area contributed by atoms with Crippen LogP contribution in [0.5, 0.6) is 0 Å². The average Bonchev–Trinajstić information content (AvgIpc) is 2.95. The number of benzene rings is 1. The van der Waals surface area contributed by atoms with Gasteiger partial charge in [0.2, 0.25) is 0 Å². The molecule has 1 aliphatic carbocycles. The SMILES string of the molecule is Cc1cc(C)c(NC(=O)NCCCOC2CCCC2)c(C)c1. The van der Waals surface area contributed by atoms with E-state index in [0.717, 1.165) is 29.8 Å². The van der Waals surface area contributed by atoms with Crippen molar-refractivity contribution < 1.29 is 9.53 Å². The van der Waals surface area contributed by atoms with E-state index in [1.54, 1.807) is 0 Å². The molecule has 1 saturated carbocycles. The Bertz CT molecular complexity index is 485. The number of ether oxygens (including phenoxy) is 1. The summed E-state index contributed by atoms with van der Waals surface area (Å²) in [5.74, 6) is 0. The Hall–Kier alpha value is -1.55. The van der Waals surface area contributed by atoms with Gasteiger partial charge in [-0.25, -0.2) is 4.79 Å². The van der Waals surface area contributed by atoms with Gasteiger partial charge in [-0.1, -0.05) is 30.5 Å². The molecule has 1 aromatic carbocycles. The summed E-state index contributed by atoms with van der Waals surface area (Å²) in [6, 6.07) is 4.02. The molecule has 1 aromatic rings. The lowest BCUT2D eigenvalue weighted by Crippen LogP contribution is -2.30. The molecule has 2 amide bonds. The average molecular weight is 304 g/mol. The molecular weight excluding hydrogens is 276 g/mol. The van der Waals surface area contributed by atoms with Gasteiger partial charge in [0.25, 0.3) is 0 Å². The number of carbonyl (C=O) groups excluding carboxylic acids is 1. The summed E-state index contributed by atoms with van der Waals surface area (Å²) in [6.07, 6.45) is 6.28. The van der Waals surface area contributed by atoms with Crippen molar-refractivity contribution in [3.63, 3.8) is 0 Å². The minimum atomic E-state index is -0.143. The Kier molecular flexibility index (Phi) is 6.25. The minimum Gasteiger partial charge on any atom is -0.378 e. The molecule has 122 valence electrons. The van der Waals surface area contributed by atoms with Gasteiger partial charge in [0, 0.05) is 18.8 Å². The molecule has 0 saturated heterocycles. The molecule has 0 radical (unpaired) electrons. The van der Waals surface area contributed by atoms with Gasteiger partial charge in [-0.15, -0.1) is 0 Å². The molecule has 0 unspecified atom stereocenters. The number of aryl methyl sites for hydroxylation is 3. The summed E-state index contributed by atoms with van der Waals surface area (Å²) in [7, 11) is 0. The van der Waals surface area contributed by atoms with Crippen LogP contribution in [0, 0.1) is 20.8 Å². The van der Waals surface area contributed by atoms with E-state index in [1.165, 1.54) is 31.2 Å². The molecule has 0 heterocycles. The molecule has 0 atom stereocenters. The maximum Gasteiger partial charge on any atom is 0.319 e. The van der Waals surface area contributed by atoms with Gasteiger partial charge in [-0.3, -0.25) is 0 Å². The Morgan fingerprint density at radius 2 is 1.82 bits per heavy atom. The second-order valence-corrected chi connectivity index (χ2v) is 6.29. The number of carbonyl (C=O) groups is 1. The molecule has 4 heteroatoms. The van der Waals surface area contributed by atoms with E-state index in [4.69, 9.17) is 4.74 Å². The number of anilines is 1. The lowest BCUT2D eigenvalue weighted by atomic mass is 10.1.